The number of alkyl carbamates (subject to hydrolysis) is 1. The lowest BCUT2D eigenvalue weighted by molar-refractivity contribution is -0.166. The van der Waals surface area contributed by atoms with Crippen LogP contribution in [0, 0.1) is 23.2 Å². The van der Waals surface area contributed by atoms with Gasteiger partial charge in [0.25, 0.3) is 0 Å². The predicted molar refractivity (Wildman–Crippen MR) is 104 cm³/mol. The van der Waals surface area contributed by atoms with E-state index in [2.05, 4.69) is 32.2 Å². The Bertz CT molecular complexity index is 729. The van der Waals surface area contributed by atoms with Crippen molar-refractivity contribution in [3.8, 4) is 5.75 Å². The van der Waals surface area contributed by atoms with E-state index in [1.54, 1.807) is 6.07 Å². The van der Waals surface area contributed by atoms with E-state index in [1.165, 1.54) is 5.57 Å². The van der Waals surface area contributed by atoms with Crippen molar-refractivity contribution in [2.75, 3.05) is 13.2 Å². The number of fused-ring (bicyclic) bond motifs is 2. The molecule has 5 nitrogen and oxygen atoms in total. The van der Waals surface area contributed by atoms with Gasteiger partial charge in [-0.05, 0) is 38.7 Å². The lowest BCUT2D eigenvalue weighted by atomic mass is 9.56. The molecule has 1 aliphatic heterocycles. The molecule has 1 aromatic rings. The maximum absolute atomic E-state index is 12.0. The number of hydrogen-bond donors (Lipinski definition) is 2. The number of amides is 1. The molecule has 0 aromatic heterocycles. The number of phenolic OH excluding ortho intramolecular Hbond substituents is 1. The second kappa shape index (κ2) is 7.55. The second-order valence-corrected chi connectivity index (χ2v) is 8.41. The van der Waals surface area contributed by atoms with E-state index in [0.717, 1.165) is 5.56 Å². The van der Waals surface area contributed by atoms with Crippen LogP contribution in [0.4, 0.5) is 4.79 Å². The molecule has 2 bridgehead atoms. The molecule has 148 valence electrons. The number of carbonyl (C=O) groups excluding carboxylic acids is 1. The topological polar surface area (TPSA) is 67.8 Å². The summed E-state index contributed by atoms with van der Waals surface area (Å²) >= 11 is 0. The van der Waals surface area contributed by atoms with E-state index < -0.39 is 0 Å². The molecule has 1 fully saturated rings. The number of benzene rings is 1. The van der Waals surface area contributed by atoms with E-state index in [-0.39, 0.29) is 47.2 Å². The molecule has 0 saturated carbocycles. The largest absolute Gasteiger partial charge is 0.508 e. The molecule has 1 amide bonds. The van der Waals surface area contributed by atoms with Gasteiger partial charge in [-0.3, -0.25) is 0 Å². The van der Waals surface area contributed by atoms with Gasteiger partial charge >= 0.3 is 6.09 Å². The minimum atomic E-state index is -0.385. The average molecular weight is 373 g/mol. The Labute approximate surface area is 161 Å². The quantitative estimate of drug-likeness (QED) is 0.766. The Hall–Kier alpha value is -2.01. The van der Waals surface area contributed by atoms with Crippen LogP contribution in [0.2, 0.25) is 0 Å². The smallest absolute Gasteiger partial charge is 0.407 e. The highest BCUT2D eigenvalue weighted by molar-refractivity contribution is 5.67. The van der Waals surface area contributed by atoms with E-state index in [1.807, 2.05) is 32.0 Å². The Morgan fingerprint density at radius 1 is 1.37 bits per heavy atom. The molecule has 1 heterocycles. The van der Waals surface area contributed by atoms with Crippen molar-refractivity contribution in [2.45, 2.75) is 46.8 Å². The van der Waals surface area contributed by atoms with E-state index in [0.29, 0.717) is 13.2 Å². The summed E-state index contributed by atoms with van der Waals surface area (Å²) in [6.45, 7) is 11.2. The SMILES string of the molecule is CC1=CC(C)C2(COC(=O)NC(C)C)COC(c3ccccc3O)C1C2C. The summed E-state index contributed by atoms with van der Waals surface area (Å²) in [5, 5.41) is 13.1. The summed E-state index contributed by atoms with van der Waals surface area (Å²) in [4.78, 5) is 12.0. The maximum atomic E-state index is 12.0. The van der Waals surface area contributed by atoms with Crippen molar-refractivity contribution < 1.29 is 19.4 Å². The summed E-state index contributed by atoms with van der Waals surface area (Å²) in [5.74, 6) is 0.893. The summed E-state index contributed by atoms with van der Waals surface area (Å²) in [7, 11) is 0. The number of aromatic hydroxyl groups is 1. The van der Waals surface area contributed by atoms with Gasteiger partial charge in [-0.2, -0.15) is 0 Å². The Morgan fingerprint density at radius 3 is 2.74 bits per heavy atom. The first-order chi connectivity index (χ1) is 12.8. The molecular weight excluding hydrogens is 342 g/mol. The van der Waals surface area contributed by atoms with Gasteiger partial charge in [-0.1, -0.05) is 43.7 Å². The Balaban J connectivity index is 1.87. The fourth-order valence-electron chi connectivity index (χ4n) is 4.74. The first-order valence-electron chi connectivity index (χ1n) is 9.77. The number of para-hydroxylation sites is 1. The zero-order chi connectivity index (χ0) is 19.8. The van der Waals surface area contributed by atoms with Crippen LogP contribution in [-0.4, -0.2) is 30.5 Å². The van der Waals surface area contributed by atoms with Gasteiger partial charge in [-0.15, -0.1) is 0 Å². The Kier molecular flexibility index (Phi) is 5.52. The van der Waals surface area contributed by atoms with Crippen molar-refractivity contribution in [2.24, 2.45) is 23.2 Å². The standard InChI is InChI=1S/C22H31NO4/c1-13(2)23-21(25)27-12-22-11-26-20(17-8-6-7-9-18(17)24)19(16(22)5)14(3)10-15(22)4/h6-10,13,15-16,19-20,24H,11-12H2,1-5H3,(H,23,25). The van der Waals surface area contributed by atoms with Gasteiger partial charge < -0.3 is 19.9 Å². The monoisotopic (exact) mass is 373 g/mol. The van der Waals surface area contributed by atoms with Crippen molar-refractivity contribution in [3.63, 3.8) is 0 Å². The third kappa shape index (κ3) is 3.57. The van der Waals surface area contributed by atoms with E-state index >= 15 is 0 Å². The van der Waals surface area contributed by atoms with Crippen LogP contribution in [-0.2, 0) is 9.47 Å². The summed E-state index contributed by atoms with van der Waals surface area (Å²) in [6.07, 6.45) is 1.70. The molecular formula is C22H31NO4. The zero-order valence-corrected chi connectivity index (χ0v) is 16.9. The van der Waals surface area contributed by atoms with Crippen molar-refractivity contribution in [1.82, 2.24) is 5.32 Å². The number of carbonyl (C=O) groups is 1. The molecule has 0 spiro atoms. The third-order valence-electron chi connectivity index (χ3n) is 6.37. The van der Waals surface area contributed by atoms with Crippen LogP contribution in [0.1, 0.15) is 46.3 Å². The van der Waals surface area contributed by atoms with Gasteiger partial charge in [0.05, 0.1) is 12.7 Å². The van der Waals surface area contributed by atoms with Crippen molar-refractivity contribution in [3.05, 3.63) is 41.5 Å². The summed E-state index contributed by atoms with van der Waals surface area (Å²) < 4.78 is 11.9. The maximum Gasteiger partial charge on any atom is 0.407 e. The van der Waals surface area contributed by atoms with E-state index in [4.69, 9.17) is 9.47 Å². The van der Waals surface area contributed by atoms with Crippen LogP contribution in [0.15, 0.2) is 35.9 Å². The molecule has 1 aromatic carbocycles. The molecule has 2 N–H and O–H groups in total. The van der Waals surface area contributed by atoms with Gasteiger partial charge in [0, 0.05) is 22.9 Å². The van der Waals surface area contributed by atoms with Crippen LogP contribution in [0.25, 0.3) is 0 Å². The fraction of sp³-hybridized carbons (Fsp3) is 0.591. The number of allylic oxidation sites excluding steroid dienone is 1. The molecule has 5 unspecified atom stereocenters. The first-order valence-corrected chi connectivity index (χ1v) is 9.77. The average Bonchev–Trinajstić information content (AvgIpc) is 2.59. The number of phenols is 1. The minimum absolute atomic E-state index is 0.0409. The van der Waals surface area contributed by atoms with Gasteiger partial charge in [0.1, 0.15) is 12.4 Å². The molecule has 1 aliphatic carbocycles. The summed E-state index contributed by atoms with van der Waals surface area (Å²) in [6, 6.07) is 7.42. The molecule has 1 saturated heterocycles. The second-order valence-electron chi connectivity index (χ2n) is 8.41. The Morgan fingerprint density at radius 2 is 2.07 bits per heavy atom. The van der Waals surface area contributed by atoms with Crippen molar-refractivity contribution >= 4 is 6.09 Å². The fourth-order valence-corrected chi connectivity index (χ4v) is 4.74. The summed E-state index contributed by atoms with van der Waals surface area (Å²) in [5.41, 5.74) is 1.83. The van der Waals surface area contributed by atoms with Gasteiger partial charge in [-0.25, -0.2) is 4.79 Å². The third-order valence-corrected chi connectivity index (χ3v) is 6.37. The molecule has 0 radical (unpaired) electrons. The molecule has 27 heavy (non-hydrogen) atoms. The van der Waals surface area contributed by atoms with Gasteiger partial charge in [0.2, 0.25) is 0 Å². The molecule has 3 rings (SSSR count). The minimum Gasteiger partial charge on any atom is -0.508 e. The lowest BCUT2D eigenvalue weighted by Crippen LogP contribution is -2.55. The predicted octanol–water partition coefficient (Wildman–Crippen LogP) is 4.43. The number of nitrogens with one attached hydrogen (secondary N) is 1. The highest BCUT2D eigenvalue weighted by atomic mass is 16.6. The molecule has 2 aliphatic rings. The highest BCUT2D eigenvalue weighted by Gasteiger charge is 2.54. The molecule has 5 atom stereocenters. The van der Waals surface area contributed by atoms with Crippen LogP contribution in [0.3, 0.4) is 0 Å². The van der Waals surface area contributed by atoms with Crippen LogP contribution in [0.5, 0.6) is 5.75 Å². The van der Waals surface area contributed by atoms with Gasteiger partial charge in [0.15, 0.2) is 0 Å². The number of rotatable bonds is 4. The lowest BCUT2D eigenvalue weighted by Gasteiger charge is -2.55. The van der Waals surface area contributed by atoms with Crippen LogP contribution >= 0.6 is 0 Å². The van der Waals surface area contributed by atoms with Crippen LogP contribution < -0.4 is 5.32 Å². The normalized spacial score (nSPS) is 32.7. The van der Waals surface area contributed by atoms with Crippen molar-refractivity contribution in [1.29, 1.82) is 0 Å². The van der Waals surface area contributed by atoms with E-state index in [9.17, 15) is 9.90 Å². The number of ether oxygens (including phenoxy) is 2. The first kappa shape index (κ1) is 19.7. The highest BCUT2D eigenvalue weighted by Crippen LogP contribution is 2.57. The zero-order valence-electron chi connectivity index (χ0n) is 16.9. The number of hydrogen-bond acceptors (Lipinski definition) is 4. The molecule has 5 heteroatoms.